The zero-order chi connectivity index (χ0) is 11.9. The number of thioether (sulfide) groups is 1. The maximum atomic E-state index is 5.88. The molecule has 0 saturated carbocycles. The van der Waals surface area contributed by atoms with E-state index in [4.69, 9.17) is 10.5 Å². The monoisotopic (exact) mass is 251 g/mol. The molecule has 0 spiro atoms. The Hall–Kier alpha value is -0.510. The Morgan fingerprint density at radius 2 is 1.94 bits per heavy atom. The van der Waals surface area contributed by atoms with E-state index in [-0.39, 0.29) is 0 Å². The second kappa shape index (κ2) is 7.04. The van der Waals surface area contributed by atoms with Gasteiger partial charge in [-0.3, -0.25) is 0 Å². The summed E-state index contributed by atoms with van der Waals surface area (Å²) in [4.78, 5) is 0. The summed E-state index contributed by atoms with van der Waals surface area (Å²) in [7, 11) is 0. The normalized spacial score (nSPS) is 19.1. The molecule has 2 rings (SSSR count). The summed E-state index contributed by atoms with van der Waals surface area (Å²) in [5, 5.41) is 0.765. The molecule has 0 aliphatic carbocycles. The molecule has 1 aromatic rings. The number of rotatable bonds is 5. The van der Waals surface area contributed by atoms with Crippen LogP contribution in [0.2, 0.25) is 0 Å². The van der Waals surface area contributed by atoms with Gasteiger partial charge in [-0.05, 0) is 24.9 Å². The third kappa shape index (κ3) is 4.02. The minimum Gasteiger partial charge on any atom is -0.381 e. The van der Waals surface area contributed by atoms with E-state index in [0.717, 1.165) is 30.8 Å². The maximum absolute atomic E-state index is 5.88. The van der Waals surface area contributed by atoms with Crippen molar-refractivity contribution < 1.29 is 4.74 Å². The van der Waals surface area contributed by atoms with Crippen LogP contribution in [-0.4, -0.2) is 30.8 Å². The van der Waals surface area contributed by atoms with Gasteiger partial charge in [0.25, 0.3) is 0 Å². The van der Waals surface area contributed by atoms with E-state index < -0.39 is 0 Å². The Morgan fingerprint density at radius 1 is 1.24 bits per heavy atom. The Labute approximate surface area is 108 Å². The summed E-state index contributed by atoms with van der Waals surface area (Å²) in [6.45, 7) is 2.59. The van der Waals surface area contributed by atoms with Gasteiger partial charge < -0.3 is 10.5 Å². The lowest BCUT2D eigenvalue weighted by atomic mass is 10.0. The molecule has 2 nitrogen and oxygen atoms in total. The van der Waals surface area contributed by atoms with Crippen LogP contribution < -0.4 is 5.73 Å². The summed E-state index contributed by atoms with van der Waals surface area (Å²) in [5.41, 5.74) is 7.25. The molecule has 1 atom stereocenters. The average Bonchev–Trinajstić information content (AvgIpc) is 2.42. The molecule has 0 aromatic heterocycles. The largest absolute Gasteiger partial charge is 0.381 e. The Morgan fingerprint density at radius 3 is 2.59 bits per heavy atom. The van der Waals surface area contributed by atoms with E-state index >= 15 is 0 Å². The number of ether oxygens (including phenoxy) is 1. The molecule has 1 aliphatic rings. The molecular formula is C14H21NOS. The average molecular weight is 251 g/mol. The topological polar surface area (TPSA) is 35.2 Å². The van der Waals surface area contributed by atoms with Crippen molar-refractivity contribution >= 4 is 11.8 Å². The maximum Gasteiger partial charge on any atom is 0.0476 e. The van der Waals surface area contributed by atoms with Gasteiger partial charge in [0.05, 0.1) is 0 Å². The summed E-state index contributed by atoms with van der Waals surface area (Å²) < 4.78 is 5.38. The summed E-state index contributed by atoms with van der Waals surface area (Å²) in [6.07, 6.45) is 2.38. The highest BCUT2D eigenvalue weighted by Gasteiger charge is 2.17. The fourth-order valence-corrected chi connectivity index (χ4v) is 3.48. The van der Waals surface area contributed by atoms with Gasteiger partial charge in [0.15, 0.2) is 0 Å². The fourth-order valence-electron chi connectivity index (χ4n) is 2.12. The van der Waals surface area contributed by atoms with Crippen LogP contribution in [0.15, 0.2) is 30.3 Å². The summed E-state index contributed by atoms with van der Waals surface area (Å²) in [5.74, 6) is 1.62. The molecule has 1 unspecified atom stereocenters. The molecule has 2 N–H and O–H groups in total. The van der Waals surface area contributed by atoms with Gasteiger partial charge >= 0.3 is 0 Å². The zero-order valence-electron chi connectivity index (χ0n) is 10.2. The first-order chi connectivity index (χ1) is 8.40. The number of benzene rings is 1. The van der Waals surface area contributed by atoms with Crippen LogP contribution in [0.25, 0.3) is 0 Å². The predicted octanol–water partition coefficient (Wildman–Crippen LogP) is 2.64. The number of hydrogen-bond donors (Lipinski definition) is 1. The quantitative estimate of drug-likeness (QED) is 0.874. The van der Waals surface area contributed by atoms with Crippen molar-refractivity contribution in [1.82, 2.24) is 0 Å². The van der Waals surface area contributed by atoms with Crippen molar-refractivity contribution in [2.75, 3.05) is 25.5 Å². The van der Waals surface area contributed by atoms with E-state index in [1.54, 1.807) is 0 Å². The van der Waals surface area contributed by atoms with Gasteiger partial charge in [-0.15, -0.1) is 0 Å². The third-order valence-corrected chi connectivity index (χ3v) is 4.79. The van der Waals surface area contributed by atoms with Crippen LogP contribution in [0.4, 0.5) is 0 Å². The second-order valence-electron chi connectivity index (χ2n) is 4.49. The molecular weight excluding hydrogens is 230 g/mol. The molecule has 94 valence electrons. The predicted molar refractivity (Wildman–Crippen MR) is 74.5 cm³/mol. The van der Waals surface area contributed by atoms with Crippen LogP contribution in [0.3, 0.4) is 0 Å². The second-order valence-corrected chi connectivity index (χ2v) is 5.82. The highest BCUT2D eigenvalue weighted by atomic mass is 32.2. The lowest BCUT2D eigenvalue weighted by molar-refractivity contribution is 0.1000. The molecule has 0 amide bonds. The number of nitrogens with two attached hydrogens (primary N) is 1. The molecule has 1 aromatic carbocycles. The zero-order valence-corrected chi connectivity index (χ0v) is 11.0. The molecule has 0 radical (unpaired) electrons. The smallest absolute Gasteiger partial charge is 0.0476 e. The highest BCUT2D eigenvalue weighted by molar-refractivity contribution is 7.99. The van der Waals surface area contributed by atoms with Crippen LogP contribution in [0.5, 0.6) is 0 Å². The fraction of sp³-hybridized carbons (Fsp3) is 0.571. The van der Waals surface area contributed by atoms with Crippen molar-refractivity contribution in [3.63, 3.8) is 0 Å². The standard InChI is InChI=1S/C14H21NOS/c15-10-13(12-4-2-1-3-5-12)11-17-14-6-8-16-9-7-14/h1-5,13-14H,6-11,15H2. The first-order valence-electron chi connectivity index (χ1n) is 6.34. The van der Waals surface area contributed by atoms with E-state index in [1.165, 1.54) is 18.4 Å². The van der Waals surface area contributed by atoms with Crippen molar-refractivity contribution in [2.24, 2.45) is 5.73 Å². The van der Waals surface area contributed by atoms with E-state index in [2.05, 4.69) is 42.1 Å². The van der Waals surface area contributed by atoms with Crippen LogP contribution in [-0.2, 0) is 4.74 Å². The summed E-state index contributed by atoms with van der Waals surface area (Å²) >= 11 is 2.06. The van der Waals surface area contributed by atoms with Crippen molar-refractivity contribution in [3.05, 3.63) is 35.9 Å². The first kappa shape index (κ1) is 12.9. The Balaban J connectivity index is 1.83. The Kier molecular flexibility index (Phi) is 5.36. The van der Waals surface area contributed by atoms with Gasteiger partial charge in [0.2, 0.25) is 0 Å². The van der Waals surface area contributed by atoms with Crippen molar-refractivity contribution in [3.8, 4) is 0 Å². The van der Waals surface area contributed by atoms with E-state index in [1.807, 2.05) is 0 Å². The lowest BCUT2D eigenvalue weighted by Gasteiger charge is -2.23. The van der Waals surface area contributed by atoms with Crippen molar-refractivity contribution in [2.45, 2.75) is 24.0 Å². The van der Waals surface area contributed by atoms with Crippen LogP contribution in [0, 0.1) is 0 Å². The molecule has 3 heteroatoms. The SMILES string of the molecule is NCC(CSC1CCOCC1)c1ccccc1. The van der Waals surface area contributed by atoms with Gasteiger partial charge in [-0.1, -0.05) is 30.3 Å². The van der Waals surface area contributed by atoms with Crippen LogP contribution in [0.1, 0.15) is 24.3 Å². The van der Waals surface area contributed by atoms with Crippen LogP contribution >= 0.6 is 11.8 Å². The van der Waals surface area contributed by atoms with Gasteiger partial charge in [0.1, 0.15) is 0 Å². The minimum atomic E-state index is 0.490. The lowest BCUT2D eigenvalue weighted by Crippen LogP contribution is -2.21. The van der Waals surface area contributed by atoms with Gasteiger partial charge in [0, 0.05) is 30.1 Å². The minimum absolute atomic E-state index is 0.490. The van der Waals surface area contributed by atoms with Gasteiger partial charge in [-0.25, -0.2) is 0 Å². The molecule has 1 fully saturated rings. The van der Waals surface area contributed by atoms with E-state index in [0.29, 0.717) is 5.92 Å². The molecule has 1 heterocycles. The first-order valence-corrected chi connectivity index (χ1v) is 7.39. The Bertz CT molecular complexity index is 311. The van der Waals surface area contributed by atoms with E-state index in [9.17, 15) is 0 Å². The molecule has 1 saturated heterocycles. The number of hydrogen-bond acceptors (Lipinski definition) is 3. The molecule has 0 bridgehead atoms. The van der Waals surface area contributed by atoms with Crippen molar-refractivity contribution in [1.29, 1.82) is 0 Å². The van der Waals surface area contributed by atoms with Gasteiger partial charge in [-0.2, -0.15) is 11.8 Å². The third-order valence-electron chi connectivity index (χ3n) is 3.26. The highest BCUT2D eigenvalue weighted by Crippen LogP contribution is 2.27. The molecule has 17 heavy (non-hydrogen) atoms. The summed E-state index contributed by atoms with van der Waals surface area (Å²) in [6, 6.07) is 10.6. The molecule has 1 aliphatic heterocycles.